The second-order valence-electron chi connectivity index (χ2n) is 11.5. The van der Waals surface area contributed by atoms with Crippen LogP contribution in [0.2, 0.25) is 0 Å². The Kier molecular flexibility index (Phi) is 37.9. The van der Waals surface area contributed by atoms with Gasteiger partial charge in [-0.1, -0.05) is 154 Å². The van der Waals surface area contributed by atoms with E-state index in [4.69, 9.17) is 10.2 Å². The Hall–Kier alpha value is -1.58. The Labute approximate surface area is 249 Å². The molecule has 0 bridgehead atoms. The predicted octanol–water partition coefficient (Wildman–Crippen LogP) is 12.2. The Morgan fingerprint density at radius 3 is 0.850 bits per heavy atom. The lowest BCUT2D eigenvalue weighted by atomic mass is 10.1. The monoisotopic (exact) mass is 565 g/mol. The molecule has 0 radical (unpaired) electrons. The lowest BCUT2D eigenvalue weighted by Gasteiger charge is -2.01. The standard InChI is InChI=1S/2C18H34O2/c2*1-2-3-4-5-6-7-8-9-10-11-12-13-14-15-16-17-18(19)20/h2*5-6H,2-4,7-17H2,1H3,(H,19,20)/b2*6-5+. The Morgan fingerprint density at radius 2 is 0.600 bits per heavy atom. The van der Waals surface area contributed by atoms with Crippen LogP contribution in [0, 0.1) is 0 Å². The normalized spacial score (nSPS) is 11.2. The molecule has 0 aliphatic heterocycles. The molecule has 0 atom stereocenters. The molecule has 0 aliphatic carbocycles. The molecular weight excluding hydrogens is 496 g/mol. The number of rotatable bonds is 30. The maximum Gasteiger partial charge on any atom is 0.303 e. The summed E-state index contributed by atoms with van der Waals surface area (Å²) in [5, 5.41) is 17.0. The van der Waals surface area contributed by atoms with Gasteiger partial charge in [-0.05, 0) is 51.4 Å². The molecule has 2 N–H and O–H groups in total. The lowest BCUT2D eigenvalue weighted by molar-refractivity contribution is -0.138. The number of carboxylic acid groups (broad SMARTS) is 2. The summed E-state index contributed by atoms with van der Waals surface area (Å²) >= 11 is 0. The minimum absolute atomic E-state index is 0.339. The molecule has 0 amide bonds. The van der Waals surface area contributed by atoms with E-state index in [0.29, 0.717) is 12.8 Å². The number of carbonyl (C=O) groups is 2. The molecule has 0 aromatic carbocycles. The van der Waals surface area contributed by atoms with Crippen LogP contribution in [0.3, 0.4) is 0 Å². The predicted molar refractivity (Wildman–Crippen MR) is 174 cm³/mol. The van der Waals surface area contributed by atoms with E-state index in [0.717, 1.165) is 25.7 Å². The number of carboxylic acids is 2. The van der Waals surface area contributed by atoms with Gasteiger partial charge in [0.25, 0.3) is 0 Å². The van der Waals surface area contributed by atoms with Gasteiger partial charge >= 0.3 is 11.9 Å². The fourth-order valence-corrected chi connectivity index (χ4v) is 4.67. The number of unbranched alkanes of at least 4 members (excludes halogenated alkanes) is 22. The largest absolute Gasteiger partial charge is 0.481 e. The van der Waals surface area contributed by atoms with E-state index >= 15 is 0 Å². The first kappa shape index (κ1) is 40.6. The van der Waals surface area contributed by atoms with Gasteiger partial charge in [0.05, 0.1) is 0 Å². The van der Waals surface area contributed by atoms with Crippen LogP contribution in [0.4, 0.5) is 0 Å². The van der Waals surface area contributed by atoms with Crippen LogP contribution in [0.5, 0.6) is 0 Å². The first-order valence-corrected chi connectivity index (χ1v) is 17.3. The van der Waals surface area contributed by atoms with Crippen molar-refractivity contribution in [3.05, 3.63) is 24.3 Å². The van der Waals surface area contributed by atoms with Gasteiger partial charge in [0.1, 0.15) is 0 Å². The van der Waals surface area contributed by atoms with Crippen molar-refractivity contribution in [3.63, 3.8) is 0 Å². The smallest absolute Gasteiger partial charge is 0.303 e. The minimum Gasteiger partial charge on any atom is -0.481 e. The van der Waals surface area contributed by atoms with E-state index in [1.807, 2.05) is 0 Å². The molecule has 0 aliphatic rings. The highest BCUT2D eigenvalue weighted by atomic mass is 16.4. The van der Waals surface area contributed by atoms with E-state index in [1.165, 1.54) is 141 Å². The minimum atomic E-state index is -0.659. The summed E-state index contributed by atoms with van der Waals surface area (Å²) in [5.74, 6) is -1.32. The Bertz CT molecular complexity index is 517. The summed E-state index contributed by atoms with van der Waals surface area (Å²) in [5.41, 5.74) is 0. The average molecular weight is 565 g/mol. The van der Waals surface area contributed by atoms with Crippen LogP contribution in [-0.4, -0.2) is 22.2 Å². The van der Waals surface area contributed by atoms with E-state index in [-0.39, 0.29) is 0 Å². The zero-order valence-electron chi connectivity index (χ0n) is 26.8. The van der Waals surface area contributed by atoms with E-state index in [2.05, 4.69) is 38.2 Å². The summed E-state index contributed by atoms with van der Waals surface area (Å²) in [6.45, 7) is 4.47. The zero-order chi connectivity index (χ0) is 29.8. The van der Waals surface area contributed by atoms with Crippen LogP contribution in [0.25, 0.3) is 0 Å². The van der Waals surface area contributed by atoms with Gasteiger partial charge in [-0.15, -0.1) is 0 Å². The third-order valence-corrected chi connectivity index (χ3v) is 7.30. The third-order valence-electron chi connectivity index (χ3n) is 7.30. The number of hydrogen-bond acceptors (Lipinski definition) is 2. The fraction of sp³-hybridized carbons (Fsp3) is 0.833. The van der Waals surface area contributed by atoms with Gasteiger partial charge in [0, 0.05) is 12.8 Å². The van der Waals surface area contributed by atoms with Gasteiger partial charge in [0.15, 0.2) is 0 Å². The molecule has 40 heavy (non-hydrogen) atoms. The zero-order valence-corrected chi connectivity index (χ0v) is 26.8. The summed E-state index contributed by atoms with van der Waals surface area (Å²) < 4.78 is 0. The molecular formula is C36H68O4. The van der Waals surface area contributed by atoms with E-state index in [1.54, 1.807) is 0 Å². The van der Waals surface area contributed by atoms with Crippen molar-refractivity contribution in [2.24, 2.45) is 0 Å². The van der Waals surface area contributed by atoms with Crippen molar-refractivity contribution < 1.29 is 19.8 Å². The number of hydrogen-bond donors (Lipinski definition) is 2. The topological polar surface area (TPSA) is 74.6 Å². The third kappa shape index (κ3) is 43.5. The SMILES string of the molecule is CCCC/C=C/CCCCCCCCCCCC(=O)O.CCCC/C=C/CCCCCCCCCCCC(=O)O. The van der Waals surface area contributed by atoms with Crippen molar-refractivity contribution in [2.45, 2.75) is 194 Å². The molecule has 0 fully saturated rings. The van der Waals surface area contributed by atoms with Gasteiger partial charge in [0.2, 0.25) is 0 Å². The summed E-state index contributed by atoms with van der Waals surface area (Å²) in [7, 11) is 0. The maximum absolute atomic E-state index is 10.3. The van der Waals surface area contributed by atoms with E-state index in [9.17, 15) is 9.59 Å². The van der Waals surface area contributed by atoms with Crippen molar-refractivity contribution in [1.82, 2.24) is 0 Å². The van der Waals surface area contributed by atoms with Crippen LogP contribution in [0.1, 0.15) is 194 Å². The summed E-state index contributed by atoms with van der Waals surface area (Å²) in [6, 6.07) is 0. The Morgan fingerprint density at radius 1 is 0.375 bits per heavy atom. The van der Waals surface area contributed by atoms with Gasteiger partial charge in [-0.3, -0.25) is 9.59 Å². The molecule has 0 saturated carbocycles. The lowest BCUT2D eigenvalue weighted by Crippen LogP contribution is -1.93. The fourth-order valence-electron chi connectivity index (χ4n) is 4.67. The highest BCUT2D eigenvalue weighted by Crippen LogP contribution is 2.13. The summed E-state index contributed by atoms with van der Waals surface area (Å²) in [4.78, 5) is 20.7. The van der Waals surface area contributed by atoms with Crippen LogP contribution >= 0.6 is 0 Å². The highest BCUT2D eigenvalue weighted by molar-refractivity contribution is 5.66. The molecule has 0 rings (SSSR count). The quantitative estimate of drug-likeness (QED) is 0.0672. The Balaban J connectivity index is 0. The summed E-state index contributed by atoms with van der Waals surface area (Å²) in [6.07, 6.45) is 42.5. The molecule has 0 heterocycles. The van der Waals surface area contributed by atoms with Crippen molar-refractivity contribution in [3.8, 4) is 0 Å². The van der Waals surface area contributed by atoms with Crippen molar-refractivity contribution >= 4 is 11.9 Å². The van der Waals surface area contributed by atoms with Crippen LogP contribution in [0.15, 0.2) is 24.3 Å². The van der Waals surface area contributed by atoms with Crippen LogP contribution in [-0.2, 0) is 9.59 Å². The maximum atomic E-state index is 10.3. The molecule has 4 heteroatoms. The molecule has 236 valence electrons. The molecule has 0 spiro atoms. The molecule has 0 aromatic rings. The average Bonchev–Trinajstić information content (AvgIpc) is 2.93. The number of allylic oxidation sites excluding steroid dienone is 4. The van der Waals surface area contributed by atoms with Gasteiger partial charge in [-0.25, -0.2) is 0 Å². The van der Waals surface area contributed by atoms with Gasteiger partial charge in [-0.2, -0.15) is 0 Å². The molecule has 4 nitrogen and oxygen atoms in total. The van der Waals surface area contributed by atoms with Crippen molar-refractivity contribution in [2.75, 3.05) is 0 Å². The first-order valence-electron chi connectivity index (χ1n) is 17.3. The molecule has 0 unspecified atom stereocenters. The van der Waals surface area contributed by atoms with E-state index < -0.39 is 11.9 Å². The molecule has 0 aromatic heterocycles. The first-order chi connectivity index (χ1) is 19.5. The second-order valence-corrected chi connectivity index (χ2v) is 11.5. The highest BCUT2D eigenvalue weighted by Gasteiger charge is 1.98. The van der Waals surface area contributed by atoms with Crippen molar-refractivity contribution in [1.29, 1.82) is 0 Å². The van der Waals surface area contributed by atoms with Crippen LogP contribution < -0.4 is 0 Å². The molecule has 0 saturated heterocycles. The van der Waals surface area contributed by atoms with Gasteiger partial charge < -0.3 is 10.2 Å². The number of aliphatic carboxylic acids is 2. The second kappa shape index (κ2) is 37.4.